The Kier molecular flexibility index (Phi) is 6.71. The van der Waals surface area contributed by atoms with Crippen molar-refractivity contribution in [3.8, 4) is 0 Å². The van der Waals surface area contributed by atoms with Crippen LogP contribution >= 0.6 is 0 Å². The zero-order valence-electron chi connectivity index (χ0n) is 23.8. The fourth-order valence-electron chi connectivity index (χ4n) is 6.45. The largest absolute Gasteiger partial charge is 0.456 e. The normalized spacial score (nSPS) is 12.2. The molecule has 0 saturated carbocycles. The van der Waals surface area contributed by atoms with Gasteiger partial charge in [0, 0.05) is 21.5 Å². The summed E-state index contributed by atoms with van der Waals surface area (Å²) in [6, 6.07) is 27.1. The lowest BCUT2D eigenvalue weighted by Crippen LogP contribution is -1.86. The van der Waals surface area contributed by atoms with Gasteiger partial charge in [0.2, 0.25) is 0 Å². The van der Waals surface area contributed by atoms with Crippen molar-refractivity contribution < 1.29 is 8.83 Å². The molecule has 2 nitrogen and oxygen atoms in total. The Bertz CT molecular complexity index is 1840. The molecule has 0 radical (unpaired) electrons. The summed E-state index contributed by atoms with van der Waals surface area (Å²) in [5, 5.41) is 9.59. The molecule has 0 aliphatic carbocycles. The molecule has 40 heavy (non-hydrogen) atoms. The molecule has 0 unspecified atom stereocenters. The average Bonchev–Trinajstić information content (AvgIpc) is 3.49. The van der Waals surface area contributed by atoms with Crippen molar-refractivity contribution in [1.29, 1.82) is 0 Å². The van der Waals surface area contributed by atoms with Crippen molar-refractivity contribution in [2.24, 2.45) is 0 Å². The van der Waals surface area contributed by atoms with Gasteiger partial charge in [-0.25, -0.2) is 0 Å². The van der Waals surface area contributed by atoms with E-state index in [9.17, 15) is 0 Å². The van der Waals surface area contributed by atoms with Gasteiger partial charge in [-0.15, -0.1) is 0 Å². The first-order chi connectivity index (χ1) is 19.7. The van der Waals surface area contributed by atoms with E-state index in [2.05, 4.69) is 86.6 Å². The summed E-state index contributed by atoms with van der Waals surface area (Å²) in [5.41, 5.74) is 6.56. The van der Waals surface area contributed by atoms with Crippen LogP contribution in [0.2, 0.25) is 0 Å². The Morgan fingerprint density at radius 3 is 1.27 bits per heavy atom. The molecule has 2 heterocycles. The smallest absolute Gasteiger partial charge is 0.136 e. The highest BCUT2D eigenvalue weighted by molar-refractivity contribution is 6.18. The Hall–Kier alpha value is -3.78. The van der Waals surface area contributed by atoms with E-state index >= 15 is 0 Å². The molecular weight excluding hydrogens is 488 g/mol. The minimum atomic E-state index is 0.921. The molecule has 202 valence electrons. The van der Waals surface area contributed by atoms with Crippen molar-refractivity contribution >= 4 is 65.4 Å². The van der Waals surface area contributed by atoms with Crippen LogP contribution in [0.1, 0.15) is 76.3 Å². The SMILES string of the molecule is CCCCCCc1ccc2cc3oc4cc5c(cc4c3cc2c1)oc1cc2ccc(CCCCCC)cc2cc15. The van der Waals surface area contributed by atoms with Crippen LogP contribution in [-0.2, 0) is 12.8 Å². The Morgan fingerprint density at radius 1 is 0.400 bits per heavy atom. The van der Waals surface area contributed by atoms with Gasteiger partial charge >= 0.3 is 0 Å². The van der Waals surface area contributed by atoms with Gasteiger partial charge in [0.1, 0.15) is 22.3 Å². The topological polar surface area (TPSA) is 26.3 Å². The number of hydrogen-bond acceptors (Lipinski definition) is 2. The molecule has 2 aromatic heterocycles. The molecule has 0 saturated heterocycles. The molecule has 5 aromatic carbocycles. The van der Waals surface area contributed by atoms with E-state index in [1.54, 1.807) is 0 Å². The number of aryl methyl sites for hydroxylation is 2. The van der Waals surface area contributed by atoms with E-state index in [1.807, 2.05) is 0 Å². The van der Waals surface area contributed by atoms with Crippen LogP contribution in [0, 0.1) is 0 Å². The van der Waals surface area contributed by atoms with Crippen molar-refractivity contribution in [2.45, 2.75) is 78.1 Å². The summed E-state index contributed by atoms with van der Waals surface area (Å²) in [6.45, 7) is 4.53. The lowest BCUT2D eigenvalue weighted by atomic mass is 9.99. The lowest BCUT2D eigenvalue weighted by Gasteiger charge is -2.04. The van der Waals surface area contributed by atoms with Crippen molar-refractivity contribution in [3.63, 3.8) is 0 Å². The number of unbranched alkanes of at least 4 members (excludes halogenated alkanes) is 6. The van der Waals surface area contributed by atoms with Crippen LogP contribution in [0.3, 0.4) is 0 Å². The summed E-state index contributed by atoms with van der Waals surface area (Å²) in [4.78, 5) is 0. The zero-order valence-corrected chi connectivity index (χ0v) is 23.8. The number of furan rings is 2. The third kappa shape index (κ3) is 4.64. The number of hydrogen-bond donors (Lipinski definition) is 0. The highest BCUT2D eigenvalue weighted by Crippen LogP contribution is 2.39. The first-order valence-corrected chi connectivity index (χ1v) is 15.4. The highest BCUT2D eigenvalue weighted by atomic mass is 16.3. The molecule has 7 aromatic rings. The van der Waals surface area contributed by atoms with E-state index in [-0.39, 0.29) is 0 Å². The monoisotopic (exact) mass is 526 g/mol. The molecule has 0 bridgehead atoms. The maximum Gasteiger partial charge on any atom is 0.136 e. The molecule has 0 fully saturated rings. The fourth-order valence-corrected chi connectivity index (χ4v) is 6.45. The van der Waals surface area contributed by atoms with Gasteiger partial charge in [-0.3, -0.25) is 0 Å². The van der Waals surface area contributed by atoms with Crippen LogP contribution in [0.4, 0.5) is 0 Å². The summed E-state index contributed by atoms with van der Waals surface area (Å²) >= 11 is 0. The highest BCUT2D eigenvalue weighted by Gasteiger charge is 2.15. The molecule has 2 heteroatoms. The molecule has 0 amide bonds. The third-order valence-electron chi connectivity index (χ3n) is 8.75. The molecule has 0 N–H and O–H groups in total. The van der Waals surface area contributed by atoms with Gasteiger partial charge in [0.15, 0.2) is 0 Å². The van der Waals surface area contributed by atoms with Crippen LogP contribution in [-0.4, -0.2) is 0 Å². The number of benzene rings is 5. The molecular formula is C38H38O2. The van der Waals surface area contributed by atoms with Crippen LogP contribution < -0.4 is 0 Å². The molecule has 7 rings (SSSR count). The van der Waals surface area contributed by atoms with E-state index in [0.29, 0.717) is 0 Å². The zero-order chi connectivity index (χ0) is 27.1. The van der Waals surface area contributed by atoms with Gasteiger partial charge in [-0.1, -0.05) is 88.8 Å². The predicted molar refractivity (Wildman–Crippen MR) is 172 cm³/mol. The van der Waals surface area contributed by atoms with E-state index in [4.69, 9.17) is 8.83 Å². The molecule has 0 spiro atoms. The fraction of sp³-hybridized carbons (Fsp3) is 0.316. The van der Waals surface area contributed by atoms with E-state index in [1.165, 1.54) is 84.0 Å². The minimum absolute atomic E-state index is 0.921. The molecule has 0 atom stereocenters. The maximum absolute atomic E-state index is 6.44. The van der Waals surface area contributed by atoms with Gasteiger partial charge in [-0.2, -0.15) is 0 Å². The standard InChI is InChI=1S/C38H38O2/c1-3-5-7-9-11-25-13-15-27-21-35-31(19-29(27)17-25)33-23-38-34(24-37(33)39-35)32-20-30-18-26(12-10-8-6-4-2)14-16-28(30)22-36(32)40-38/h13-24H,3-12H2,1-2H3. The van der Waals surface area contributed by atoms with E-state index < -0.39 is 0 Å². The second kappa shape index (κ2) is 10.7. The summed E-state index contributed by atoms with van der Waals surface area (Å²) in [6.07, 6.45) is 12.6. The average molecular weight is 527 g/mol. The number of rotatable bonds is 10. The van der Waals surface area contributed by atoms with Gasteiger partial charge in [0.25, 0.3) is 0 Å². The van der Waals surface area contributed by atoms with Crippen molar-refractivity contribution in [2.75, 3.05) is 0 Å². The van der Waals surface area contributed by atoms with Gasteiger partial charge < -0.3 is 8.83 Å². The molecule has 0 aliphatic rings. The maximum atomic E-state index is 6.44. The summed E-state index contributed by atoms with van der Waals surface area (Å²) in [7, 11) is 0. The van der Waals surface area contributed by atoms with Gasteiger partial charge in [0.05, 0.1) is 0 Å². The van der Waals surface area contributed by atoms with Crippen LogP contribution in [0.15, 0.2) is 81.6 Å². The number of fused-ring (bicyclic) bond motifs is 8. The van der Waals surface area contributed by atoms with Crippen LogP contribution in [0.5, 0.6) is 0 Å². The Balaban J connectivity index is 1.28. The van der Waals surface area contributed by atoms with E-state index in [0.717, 1.165) is 56.7 Å². The Labute approximate surface area is 235 Å². The Morgan fingerprint density at radius 2 is 0.825 bits per heavy atom. The van der Waals surface area contributed by atoms with Crippen molar-refractivity contribution in [1.82, 2.24) is 0 Å². The summed E-state index contributed by atoms with van der Waals surface area (Å²) < 4.78 is 12.9. The second-order valence-corrected chi connectivity index (χ2v) is 11.7. The quantitative estimate of drug-likeness (QED) is 0.166. The first kappa shape index (κ1) is 25.2. The first-order valence-electron chi connectivity index (χ1n) is 15.4. The second-order valence-electron chi connectivity index (χ2n) is 11.7. The molecule has 0 aliphatic heterocycles. The lowest BCUT2D eigenvalue weighted by molar-refractivity contribution is 0.664. The third-order valence-corrected chi connectivity index (χ3v) is 8.75. The predicted octanol–water partition coefficient (Wildman–Crippen LogP) is 12.0. The minimum Gasteiger partial charge on any atom is -0.456 e. The van der Waals surface area contributed by atoms with Crippen LogP contribution in [0.25, 0.3) is 65.4 Å². The summed E-state index contributed by atoms with van der Waals surface area (Å²) in [5.74, 6) is 0. The van der Waals surface area contributed by atoms with Crippen molar-refractivity contribution in [3.05, 3.63) is 83.9 Å². The van der Waals surface area contributed by atoms with Gasteiger partial charge in [-0.05, 0) is 94.8 Å².